The minimum absolute atomic E-state index is 0.000162. The Morgan fingerprint density at radius 3 is 2.24 bits per heavy atom. The molecule has 2 aromatic carbocycles. The SMILES string of the molecule is COC(=O)c1ccc(-c2cc(Cl)c(CC3CCN(C4CCC(F)(F)CC4)C3=O)c(Cl)c2)cc1. The molecule has 1 saturated heterocycles. The second-order valence-electron chi connectivity index (χ2n) is 8.80. The lowest BCUT2D eigenvalue weighted by atomic mass is 9.91. The summed E-state index contributed by atoms with van der Waals surface area (Å²) in [6, 6.07) is 10.4. The molecule has 4 nitrogen and oxygen atoms in total. The van der Waals surface area contributed by atoms with E-state index in [2.05, 4.69) is 0 Å². The average molecular weight is 496 g/mol. The van der Waals surface area contributed by atoms with Crippen LogP contribution >= 0.6 is 23.2 Å². The maximum atomic E-state index is 13.5. The molecule has 1 atom stereocenters. The van der Waals surface area contributed by atoms with Crippen LogP contribution < -0.4 is 0 Å². The van der Waals surface area contributed by atoms with E-state index in [0.717, 1.165) is 11.1 Å². The van der Waals surface area contributed by atoms with Gasteiger partial charge in [0.05, 0.1) is 12.7 Å². The molecule has 0 radical (unpaired) electrons. The molecule has 1 heterocycles. The predicted molar refractivity (Wildman–Crippen MR) is 124 cm³/mol. The van der Waals surface area contributed by atoms with Crippen molar-refractivity contribution in [3.05, 3.63) is 57.6 Å². The van der Waals surface area contributed by atoms with E-state index in [1.165, 1.54) is 7.11 Å². The van der Waals surface area contributed by atoms with E-state index in [9.17, 15) is 18.4 Å². The molecule has 33 heavy (non-hydrogen) atoms. The van der Waals surface area contributed by atoms with Gasteiger partial charge in [0.2, 0.25) is 11.8 Å². The van der Waals surface area contributed by atoms with E-state index in [1.54, 1.807) is 41.3 Å². The number of carbonyl (C=O) groups is 2. The van der Waals surface area contributed by atoms with Crippen molar-refractivity contribution in [2.45, 2.75) is 50.5 Å². The van der Waals surface area contributed by atoms with Crippen molar-refractivity contribution in [1.82, 2.24) is 4.90 Å². The van der Waals surface area contributed by atoms with Gasteiger partial charge in [-0.25, -0.2) is 13.6 Å². The first-order valence-corrected chi connectivity index (χ1v) is 11.8. The molecule has 1 amide bonds. The number of amides is 1. The lowest BCUT2D eigenvalue weighted by molar-refractivity contribution is -0.135. The summed E-state index contributed by atoms with van der Waals surface area (Å²) in [6.45, 7) is 0.583. The zero-order valence-corrected chi connectivity index (χ0v) is 19.8. The van der Waals surface area contributed by atoms with Gasteiger partial charge in [0.25, 0.3) is 0 Å². The monoisotopic (exact) mass is 495 g/mol. The zero-order chi connectivity index (χ0) is 23.8. The van der Waals surface area contributed by atoms with E-state index >= 15 is 0 Å². The highest BCUT2D eigenvalue weighted by Crippen LogP contribution is 2.39. The minimum atomic E-state index is -2.61. The van der Waals surface area contributed by atoms with Gasteiger partial charge < -0.3 is 9.64 Å². The van der Waals surface area contributed by atoms with Crippen molar-refractivity contribution in [2.24, 2.45) is 5.92 Å². The topological polar surface area (TPSA) is 46.6 Å². The number of alkyl halides is 2. The van der Waals surface area contributed by atoms with Crippen LogP contribution in [0.2, 0.25) is 10.0 Å². The molecular weight excluding hydrogens is 471 g/mol. The molecule has 1 unspecified atom stereocenters. The first-order chi connectivity index (χ1) is 15.7. The summed E-state index contributed by atoms with van der Waals surface area (Å²) in [5.41, 5.74) is 2.80. The van der Waals surface area contributed by atoms with Crippen LogP contribution in [0.3, 0.4) is 0 Å². The minimum Gasteiger partial charge on any atom is -0.465 e. The van der Waals surface area contributed by atoms with Gasteiger partial charge in [-0.1, -0.05) is 35.3 Å². The number of nitrogens with zero attached hydrogens (tertiary/aromatic N) is 1. The molecule has 2 aliphatic rings. The summed E-state index contributed by atoms with van der Waals surface area (Å²) in [5, 5.41) is 0.941. The summed E-state index contributed by atoms with van der Waals surface area (Å²) in [7, 11) is 1.33. The fraction of sp³-hybridized carbons (Fsp3) is 0.440. The Morgan fingerprint density at radius 1 is 1.06 bits per heavy atom. The van der Waals surface area contributed by atoms with E-state index in [0.29, 0.717) is 53.4 Å². The molecule has 1 aliphatic carbocycles. The van der Waals surface area contributed by atoms with Crippen LogP contribution in [0.5, 0.6) is 0 Å². The quantitative estimate of drug-likeness (QED) is 0.449. The molecule has 0 bridgehead atoms. The number of rotatable bonds is 5. The Morgan fingerprint density at radius 2 is 1.67 bits per heavy atom. The molecule has 8 heteroatoms. The highest BCUT2D eigenvalue weighted by molar-refractivity contribution is 6.36. The van der Waals surface area contributed by atoms with E-state index in [1.807, 2.05) is 0 Å². The maximum Gasteiger partial charge on any atom is 0.337 e. The van der Waals surface area contributed by atoms with E-state index < -0.39 is 11.9 Å². The standard InChI is InChI=1S/C25H25Cl2F2NO3/c1-33-24(32)16-4-2-15(3-5-16)18-13-21(26)20(22(27)14-18)12-17-8-11-30(23(17)31)19-6-9-25(28,29)10-7-19/h2-5,13-14,17,19H,6-12H2,1H3. The number of esters is 1. The number of carbonyl (C=O) groups excluding carboxylic acids is 2. The number of methoxy groups -OCH3 is 1. The summed E-state index contributed by atoms with van der Waals surface area (Å²) >= 11 is 13.1. The van der Waals surface area contributed by atoms with E-state index in [4.69, 9.17) is 27.9 Å². The van der Waals surface area contributed by atoms with Gasteiger partial charge in [0.1, 0.15) is 0 Å². The fourth-order valence-electron chi connectivity index (χ4n) is 4.78. The Hall–Kier alpha value is -2.18. The number of halogens is 4. The van der Waals surface area contributed by atoms with Gasteiger partial charge in [-0.15, -0.1) is 0 Å². The molecule has 2 aromatic rings. The molecule has 1 saturated carbocycles. The Labute approximate surface area is 201 Å². The maximum absolute atomic E-state index is 13.5. The van der Waals surface area contributed by atoms with Gasteiger partial charge in [0, 0.05) is 41.4 Å². The van der Waals surface area contributed by atoms with Crippen LogP contribution in [0.1, 0.15) is 48.0 Å². The van der Waals surface area contributed by atoms with Crippen LogP contribution in [0.15, 0.2) is 36.4 Å². The van der Waals surface area contributed by atoms with Crippen LogP contribution in [0.25, 0.3) is 11.1 Å². The van der Waals surface area contributed by atoms with Crippen molar-refractivity contribution in [3.8, 4) is 11.1 Å². The van der Waals surface area contributed by atoms with Crippen LogP contribution in [-0.2, 0) is 16.0 Å². The Balaban J connectivity index is 1.46. The third-order valence-corrected chi connectivity index (χ3v) is 7.38. The number of benzene rings is 2. The van der Waals surface area contributed by atoms with Crippen LogP contribution in [0, 0.1) is 5.92 Å². The molecule has 0 N–H and O–H groups in total. The van der Waals surface area contributed by atoms with Crippen LogP contribution in [0.4, 0.5) is 8.78 Å². The number of hydrogen-bond donors (Lipinski definition) is 0. The first kappa shape index (κ1) is 24.0. The predicted octanol–water partition coefficient (Wildman–Crippen LogP) is 6.42. The summed E-state index contributed by atoms with van der Waals surface area (Å²) in [4.78, 5) is 26.4. The van der Waals surface area contributed by atoms with Crippen molar-refractivity contribution in [2.75, 3.05) is 13.7 Å². The van der Waals surface area contributed by atoms with Gasteiger partial charge in [-0.05, 0) is 66.6 Å². The number of hydrogen-bond acceptors (Lipinski definition) is 3. The third kappa shape index (κ3) is 5.17. The molecule has 0 spiro atoms. The summed E-state index contributed by atoms with van der Waals surface area (Å²) in [5.74, 6) is -3.28. The molecular formula is C25H25Cl2F2NO3. The van der Waals surface area contributed by atoms with Crippen molar-refractivity contribution in [3.63, 3.8) is 0 Å². The first-order valence-electron chi connectivity index (χ1n) is 11.0. The molecule has 4 rings (SSSR count). The third-order valence-electron chi connectivity index (χ3n) is 6.71. The highest BCUT2D eigenvalue weighted by Gasteiger charge is 2.42. The summed E-state index contributed by atoms with van der Waals surface area (Å²) in [6.07, 6.45) is 1.44. The molecule has 0 aromatic heterocycles. The summed E-state index contributed by atoms with van der Waals surface area (Å²) < 4.78 is 31.7. The Kier molecular flexibility index (Phi) is 6.96. The van der Waals surface area contributed by atoms with Gasteiger partial charge >= 0.3 is 5.97 Å². The van der Waals surface area contributed by atoms with Crippen molar-refractivity contribution in [1.29, 1.82) is 0 Å². The van der Waals surface area contributed by atoms with E-state index in [-0.39, 0.29) is 30.7 Å². The normalized spacial score (nSPS) is 20.8. The average Bonchev–Trinajstić information content (AvgIpc) is 3.15. The van der Waals surface area contributed by atoms with Crippen molar-refractivity contribution >= 4 is 35.1 Å². The smallest absolute Gasteiger partial charge is 0.337 e. The molecule has 1 aliphatic heterocycles. The number of ether oxygens (including phenoxy) is 1. The second kappa shape index (κ2) is 9.59. The van der Waals surface area contributed by atoms with Gasteiger partial charge in [0.15, 0.2) is 0 Å². The Bertz CT molecular complexity index is 1030. The highest BCUT2D eigenvalue weighted by atomic mass is 35.5. The molecule has 2 fully saturated rings. The zero-order valence-electron chi connectivity index (χ0n) is 18.3. The fourth-order valence-corrected chi connectivity index (χ4v) is 5.42. The largest absolute Gasteiger partial charge is 0.465 e. The van der Waals surface area contributed by atoms with Gasteiger partial charge in [-0.2, -0.15) is 0 Å². The second-order valence-corrected chi connectivity index (χ2v) is 9.61. The lowest BCUT2D eigenvalue weighted by Gasteiger charge is -2.34. The van der Waals surface area contributed by atoms with Gasteiger partial charge in [-0.3, -0.25) is 4.79 Å². The lowest BCUT2D eigenvalue weighted by Crippen LogP contribution is -2.42. The van der Waals surface area contributed by atoms with Crippen molar-refractivity contribution < 1.29 is 23.1 Å². The molecule has 176 valence electrons. The number of likely N-dealkylation sites (tertiary alicyclic amines) is 1. The van der Waals surface area contributed by atoms with Crippen LogP contribution in [-0.4, -0.2) is 42.4 Å².